The van der Waals surface area contributed by atoms with Gasteiger partial charge in [-0.3, -0.25) is 0 Å². The minimum Gasteiger partial charge on any atom is -0.496 e. The number of hydrogen-bond donors (Lipinski definition) is 1. The van der Waals surface area contributed by atoms with Gasteiger partial charge in [-0.1, -0.05) is 24.3 Å². The maximum Gasteiger partial charge on any atom is 0.162 e. The molecule has 0 aliphatic rings. The summed E-state index contributed by atoms with van der Waals surface area (Å²) >= 11 is 0. The summed E-state index contributed by atoms with van der Waals surface area (Å²) in [5.41, 5.74) is 1.94. The molecule has 0 aliphatic carbocycles. The molecule has 1 heterocycles. The van der Waals surface area contributed by atoms with Gasteiger partial charge in [0.1, 0.15) is 11.6 Å². The molecule has 0 bridgehead atoms. The number of aromatic nitrogens is 2. The summed E-state index contributed by atoms with van der Waals surface area (Å²) in [6.45, 7) is 1.97. The molecule has 4 heteroatoms. The van der Waals surface area contributed by atoms with Crippen molar-refractivity contribution < 1.29 is 4.74 Å². The van der Waals surface area contributed by atoms with Gasteiger partial charge in [0.25, 0.3) is 0 Å². The summed E-state index contributed by atoms with van der Waals surface area (Å²) in [6, 6.07) is 14.0. The normalized spacial score (nSPS) is 10.6. The first-order valence-corrected chi connectivity index (χ1v) is 6.82. The van der Waals surface area contributed by atoms with Crippen LogP contribution in [0.4, 0.5) is 5.82 Å². The Labute approximate surface area is 123 Å². The van der Waals surface area contributed by atoms with Gasteiger partial charge >= 0.3 is 0 Å². The Morgan fingerprint density at radius 2 is 1.76 bits per heavy atom. The van der Waals surface area contributed by atoms with E-state index in [-0.39, 0.29) is 0 Å². The maximum atomic E-state index is 5.43. The van der Waals surface area contributed by atoms with E-state index in [9.17, 15) is 0 Å². The third-order valence-electron chi connectivity index (χ3n) is 3.46. The van der Waals surface area contributed by atoms with Crippen LogP contribution in [0.3, 0.4) is 0 Å². The molecule has 3 aromatic rings. The van der Waals surface area contributed by atoms with E-state index in [1.165, 1.54) is 0 Å². The van der Waals surface area contributed by atoms with E-state index in [0.717, 1.165) is 39.4 Å². The van der Waals surface area contributed by atoms with E-state index in [2.05, 4.69) is 21.4 Å². The zero-order valence-corrected chi connectivity index (χ0v) is 12.3. The zero-order chi connectivity index (χ0) is 14.8. The van der Waals surface area contributed by atoms with Crippen molar-refractivity contribution in [3.05, 3.63) is 48.2 Å². The third-order valence-corrected chi connectivity index (χ3v) is 3.46. The molecule has 0 unspecified atom stereocenters. The fourth-order valence-corrected chi connectivity index (χ4v) is 2.46. The number of rotatable bonds is 3. The lowest BCUT2D eigenvalue weighted by molar-refractivity contribution is 0.420. The fraction of sp³-hybridized carbons (Fsp3) is 0.176. The summed E-state index contributed by atoms with van der Waals surface area (Å²) < 4.78 is 5.43. The topological polar surface area (TPSA) is 47.0 Å². The van der Waals surface area contributed by atoms with Gasteiger partial charge in [0.2, 0.25) is 0 Å². The lowest BCUT2D eigenvalue weighted by Crippen LogP contribution is -1.99. The number of aryl methyl sites for hydroxylation is 1. The molecule has 1 N–H and O–H groups in total. The molecular formula is C17H17N3O. The molecular weight excluding hydrogens is 262 g/mol. The number of nitrogens with zero attached hydrogens (tertiary/aromatic N) is 2. The van der Waals surface area contributed by atoms with Gasteiger partial charge < -0.3 is 10.1 Å². The van der Waals surface area contributed by atoms with Crippen LogP contribution in [-0.4, -0.2) is 24.1 Å². The number of fused-ring (bicyclic) bond motifs is 1. The van der Waals surface area contributed by atoms with Crippen molar-refractivity contribution in [2.45, 2.75) is 6.92 Å². The number of benzene rings is 2. The second-order valence-electron chi connectivity index (χ2n) is 4.83. The predicted octanol–water partition coefficient (Wildman–Crippen LogP) is 3.66. The summed E-state index contributed by atoms with van der Waals surface area (Å²) in [5.74, 6) is 2.39. The largest absolute Gasteiger partial charge is 0.496 e. The number of nitrogens with one attached hydrogen (secondary N) is 1. The number of methoxy groups -OCH3 is 1. The fourth-order valence-electron chi connectivity index (χ4n) is 2.46. The monoisotopic (exact) mass is 279 g/mol. The standard InChI is InChI=1S/C17H17N3O/c1-11-10-16(18-2)20-17(19-11)14-8-9-15(21-3)13-7-5-4-6-12(13)14/h4-10H,1-3H3,(H,18,19,20). The van der Waals surface area contributed by atoms with Gasteiger partial charge in [-0.05, 0) is 24.4 Å². The van der Waals surface area contributed by atoms with Crippen LogP contribution in [0.1, 0.15) is 5.69 Å². The highest BCUT2D eigenvalue weighted by molar-refractivity contribution is 5.98. The highest BCUT2D eigenvalue weighted by Gasteiger charge is 2.11. The molecule has 3 rings (SSSR count). The Morgan fingerprint density at radius 1 is 1.00 bits per heavy atom. The van der Waals surface area contributed by atoms with Gasteiger partial charge in [0, 0.05) is 29.8 Å². The lowest BCUT2D eigenvalue weighted by atomic mass is 10.0. The zero-order valence-electron chi connectivity index (χ0n) is 12.3. The van der Waals surface area contributed by atoms with Crippen molar-refractivity contribution in [1.82, 2.24) is 9.97 Å². The van der Waals surface area contributed by atoms with Crippen LogP contribution < -0.4 is 10.1 Å². The van der Waals surface area contributed by atoms with Crippen LogP contribution >= 0.6 is 0 Å². The highest BCUT2D eigenvalue weighted by atomic mass is 16.5. The molecule has 0 amide bonds. The van der Waals surface area contributed by atoms with E-state index in [4.69, 9.17) is 4.74 Å². The van der Waals surface area contributed by atoms with Crippen LogP contribution in [0.25, 0.3) is 22.2 Å². The molecule has 21 heavy (non-hydrogen) atoms. The predicted molar refractivity (Wildman–Crippen MR) is 85.8 cm³/mol. The lowest BCUT2D eigenvalue weighted by Gasteiger charge is -2.11. The average molecular weight is 279 g/mol. The van der Waals surface area contributed by atoms with Crippen molar-refractivity contribution in [1.29, 1.82) is 0 Å². The number of hydrogen-bond acceptors (Lipinski definition) is 4. The molecule has 4 nitrogen and oxygen atoms in total. The summed E-state index contributed by atoms with van der Waals surface area (Å²) in [7, 11) is 3.54. The van der Waals surface area contributed by atoms with Crippen LogP contribution in [-0.2, 0) is 0 Å². The Hall–Kier alpha value is -2.62. The van der Waals surface area contributed by atoms with Gasteiger partial charge in [-0.25, -0.2) is 9.97 Å². The minimum absolute atomic E-state index is 0.721. The Morgan fingerprint density at radius 3 is 2.48 bits per heavy atom. The number of ether oxygens (including phenoxy) is 1. The second-order valence-corrected chi connectivity index (χ2v) is 4.83. The third kappa shape index (κ3) is 2.40. The molecule has 0 atom stereocenters. The summed E-state index contributed by atoms with van der Waals surface area (Å²) in [4.78, 5) is 9.13. The molecule has 0 spiro atoms. The van der Waals surface area contributed by atoms with Gasteiger partial charge in [-0.15, -0.1) is 0 Å². The first kappa shape index (κ1) is 13.4. The Bertz CT molecular complexity index is 799. The van der Waals surface area contributed by atoms with Crippen LogP contribution in [0, 0.1) is 6.92 Å². The molecule has 0 fully saturated rings. The van der Waals surface area contributed by atoms with Gasteiger partial charge in [0.15, 0.2) is 5.82 Å². The second kappa shape index (κ2) is 5.40. The van der Waals surface area contributed by atoms with Crippen LogP contribution in [0.15, 0.2) is 42.5 Å². The first-order valence-electron chi connectivity index (χ1n) is 6.82. The summed E-state index contributed by atoms with van der Waals surface area (Å²) in [5, 5.41) is 5.22. The Balaban J connectivity index is 2.28. The van der Waals surface area contributed by atoms with Crippen molar-refractivity contribution >= 4 is 16.6 Å². The molecule has 106 valence electrons. The SMILES string of the molecule is CNc1cc(C)nc(-c2ccc(OC)c3ccccc23)n1. The van der Waals surface area contributed by atoms with E-state index < -0.39 is 0 Å². The van der Waals surface area contributed by atoms with E-state index in [1.807, 2.05) is 50.4 Å². The molecule has 0 radical (unpaired) electrons. The first-order chi connectivity index (χ1) is 10.2. The molecule has 1 aromatic heterocycles. The van der Waals surface area contributed by atoms with E-state index >= 15 is 0 Å². The molecule has 0 saturated carbocycles. The molecule has 0 saturated heterocycles. The Kier molecular flexibility index (Phi) is 3.44. The quantitative estimate of drug-likeness (QED) is 0.795. The minimum atomic E-state index is 0.721. The molecule has 2 aromatic carbocycles. The van der Waals surface area contributed by atoms with Crippen LogP contribution in [0.2, 0.25) is 0 Å². The van der Waals surface area contributed by atoms with E-state index in [1.54, 1.807) is 7.11 Å². The van der Waals surface area contributed by atoms with E-state index in [0.29, 0.717) is 0 Å². The van der Waals surface area contributed by atoms with Gasteiger partial charge in [0.05, 0.1) is 7.11 Å². The van der Waals surface area contributed by atoms with Crippen LogP contribution in [0.5, 0.6) is 5.75 Å². The number of anilines is 1. The van der Waals surface area contributed by atoms with Crippen molar-refractivity contribution in [3.8, 4) is 17.1 Å². The maximum absolute atomic E-state index is 5.43. The van der Waals surface area contributed by atoms with Crippen molar-refractivity contribution in [2.75, 3.05) is 19.5 Å². The average Bonchev–Trinajstić information content (AvgIpc) is 2.53. The van der Waals surface area contributed by atoms with Gasteiger partial charge in [-0.2, -0.15) is 0 Å². The van der Waals surface area contributed by atoms with Crippen molar-refractivity contribution in [3.63, 3.8) is 0 Å². The highest BCUT2D eigenvalue weighted by Crippen LogP contribution is 2.33. The summed E-state index contributed by atoms with van der Waals surface area (Å²) in [6.07, 6.45) is 0. The van der Waals surface area contributed by atoms with Crippen molar-refractivity contribution in [2.24, 2.45) is 0 Å². The molecule has 0 aliphatic heterocycles. The smallest absolute Gasteiger partial charge is 0.162 e.